The minimum absolute atomic E-state index is 0.0462. The zero-order chi connectivity index (χ0) is 23.4. The van der Waals surface area contributed by atoms with Gasteiger partial charge >= 0.3 is 0 Å². The first kappa shape index (κ1) is 23.5. The van der Waals surface area contributed by atoms with Crippen LogP contribution in [0.2, 0.25) is 0 Å². The Morgan fingerprint density at radius 1 is 0.906 bits per heavy atom. The Bertz CT molecular complexity index is 1180. The van der Waals surface area contributed by atoms with E-state index in [-0.39, 0.29) is 22.8 Å². The topological polar surface area (TPSA) is 84.5 Å². The number of ether oxygens (including phenoxy) is 1. The molecule has 168 valence electrons. The summed E-state index contributed by atoms with van der Waals surface area (Å²) in [4.78, 5) is 12.7. The van der Waals surface area contributed by atoms with Crippen LogP contribution in [0.3, 0.4) is 0 Å². The zero-order valence-corrected chi connectivity index (χ0v) is 19.5. The Morgan fingerprint density at radius 3 is 2.12 bits per heavy atom. The molecule has 1 amide bonds. The summed E-state index contributed by atoms with van der Waals surface area (Å²) in [5.41, 5.74) is 2.80. The molecule has 0 atom stereocenters. The summed E-state index contributed by atoms with van der Waals surface area (Å²) in [6.45, 7) is 6.36. The van der Waals surface area contributed by atoms with Crippen LogP contribution in [0.5, 0.6) is 5.75 Å². The van der Waals surface area contributed by atoms with Crippen LogP contribution >= 0.6 is 0 Å². The van der Waals surface area contributed by atoms with Gasteiger partial charge in [-0.3, -0.25) is 4.79 Å². The van der Waals surface area contributed by atoms with Crippen molar-refractivity contribution in [3.63, 3.8) is 0 Å². The van der Waals surface area contributed by atoms with Crippen LogP contribution in [0, 0.1) is 0 Å². The molecule has 0 fully saturated rings. The van der Waals surface area contributed by atoms with Gasteiger partial charge in [-0.15, -0.1) is 0 Å². The molecule has 3 aromatic carbocycles. The van der Waals surface area contributed by atoms with E-state index in [2.05, 4.69) is 30.8 Å². The van der Waals surface area contributed by atoms with Crippen LogP contribution in [0.4, 0.5) is 5.69 Å². The highest BCUT2D eigenvalue weighted by molar-refractivity contribution is 7.89. The van der Waals surface area contributed by atoms with E-state index in [0.29, 0.717) is 17.0 Å². The number of benzene rings is 3. The number of hydrogen-bond acceptors (Lipinski definition) is 4. The van der Waals surface area contributed by atoms with Crippen LogP contribution in [0.1, 0.15) is 42.3 Å². The van der Waals surface area contributed by atoms with Gasteiger partial charge in [0, 0.05) is 12.1 Å². The number of nitrogens with one attached hydrogen (secondary N) is 2. The maximum atomic E-state index is 12.6. The third kappa shape index (κ3) is 5.75. The first-order chi connectivity index (χ1) is 15.1. The molecule has 0 saturated carbocycles. The highest BCUT2D eigenvalue weighted by atomic mass is 32.2. The SMILES string of the molecule is COc1ccccc1NC(=O)c1ccc(CNS(=O)(=O)c2ccc(C(C)(C)C)cc2)cc1. The first-order valence-corrected chi connectivity index (χ1v) is 11.7. The van der Waals surface area contributed by atoms with Crippen LogP contribution in [-0.4, -0.2) is 21.4 Å². The van der Waals surface area contributed by atoms with E-state index in [9.17, 15) is 13.2 Å². The second kappa shape index (κ2) is 9.54. The summed E-state index contributed by atoms with van der Waals surface area (Å²) >= 11 is 0. The lowest BCUT2D eigenvalue weighted by Gasteiger charge is -2.19. The molecule has 0 aromatic heterocycles. The van der Waals surface area contributed by atoms with E-state index >= 15 is 0 Å². The number of anilines is 1. The first-order valence-electron chi connectivity index (χ1n) is 10.2. The fraction of sp³-hybridized carbons (Fsp3) is 0.240. The lowest BCUT2D eigenvalue weighted by atomic mass is 9.87. The largest absolute Gasteiger partial charge is 0.495 e. The standard InChI is InChI=1S/C25H28N2O4S/c1-25(2,3)20-13-15-21(16-14-20)32(29,30)26-17-18-9-11-19(12-10-18)24(28)27-22-7-5-6-8-23(22)31-4/h5-16,26H,17H2,1-4H3,(H,27,28). The van der Waals surface area contributed by atoms with Gasteiger partial charge in [0.25, 0.3) is 5.91 Å². The highest BCUT2D eigenvalue weighted by Gasteiger charge is 2.17. The van der Waals surface area contributed by atoms with E-state index in [1.165, 1.54) is 0 Å². The lowest BCUT2D eigenvalue weighted by molar-refractivity contribution is 0.102. The van der Waals surface area contributed by atoms with E-state index in [0.717, 1.165) is 11.1 Å². The average molecular weight is 453 g/mol. The van der Waals surface area contributed by atoms with Gasteiger partial charge in [0.2, 0.25) is 10.0 Å². The number of sulfonamides is 1. The molecule has 0 aliphatic heterocycles. The molecular weight excluding hydrogens is 424 g/mol. The number of para-hydroxylation sites is 2. The van der Waals surface area contributed by atoms with Gasteiger partial charge in [-0.1, -0.05) is 57.2 Å². The number of amides is 1. The lowest BCUT2D eigenvalue weighted by Crippen LogP contribution is -2.23. The van der Waals surface area contributed by atoms with Crippen LogP contribution in [0.15, 0.2) is 77.7 Å². The zero-order valence-electron chi connectivity index (χ0n) is 18.7. The molecule has 0 aliphatic carbocycles. The van der Waals surface area contributed by atoms with Gasteiger partial charge in [-0.25, -0.2) is 13.1 Å². The number of rotatable bonds is 7. The molecule has 3 aromatic rings. The fourth-order valence-electron chi connectivity index (χ4n) is 3.11. The number of carbonyl (C=O) groups is 1. The Labute approximate surface area is 189 Å². The maximum Gasteiger partial charge on any atom is 0.255 e. The molecule has 0 heterocycles. The van der Waals surface area contributed by atoms with E-state index < -0.39 is 10.0 Å². The predicted octanol–water partition coefficient (Wildman–Crippen LogP) is 4.72. The van der Waals surface area contributed by atoms with Gasteiger partial charge < -0.3 is 10.1 Å². The molecule has 2 N–H and O–H groups in total. The molecule has 0 radical (unpaired) electrons. The minimum atomic E-state index is -3.64. The number of hydrogen-bond donors (Lipinski definition) is 2. The van der Waals surface area contributed by atoms with Crippen molar-refractivity contribution in [2.45, 2.75) is 37.6 Å². The van der Waals surface area contributed by atoms with Crippen molar-refractivity contribution in [1.82, 2.24) is 4.72 Å². The smallest absolute Gasteiger partial charge is 0.255 e. The second-order valence-corrected chi connectivity index (χ2v) is 10.2. The van der Waals surface area contributed by atoms with E-state index in [4.69, 9.17) is 4.74 Å². The summed E-state index contributed by atoms with van der Waals surface area (Å²) in [5, 5.41) is 2.81. The van der Waals surface area contributed by atoms with Crippen LogP contribution < -0.4 is 14.8 Å². The molecule has 6 nitrogen and oxygen atoms in total. The van der Waals surface area contributed by atoms with Crippen molar-refractivity contribution in [1.29, 1.82) is 0 Å². The molecular formula is C25H28N2O4S. The monoisotopic (exact) mass is 452 g/mol. The van der Waals surface area contributed by atoms with Crippen LogP contribution in [-0.2, 0) is 22.0 Å². The summed E-state index contributed by atoms with van der Waals surface area (Å²) < 4.78 is 33.1. The minimum Gasteiger partial charge on any atom is -0.495 e. The van der Waals surface area contributed by atoms with Gasteiger partial charge in [0.15, 0.2) is 0 Å². The Hall–Kier alpha value is -3.16. The molecule has 32 heavy (non-hydrogen) atoms. The van der Waals surface area contributed by atoms with Crippen LogP contribution in [0.25, 0.3) is 0 Å². The van der Waals surface area contributed by atoms with E-state index in [1.54, 1.807) is 55.6 Å². The van der Waals surface area contributed by atoms with Crippen molar-refractivity contribution < 1.29 is 17.9 Å². The van der Waals surface area contributed by atoms with Gasteiger partial charge in [0.1, 0.15) is 5.75 Å². The van der Waals surface area contributed by atoms with Crippen molar-refractivity contribution in [3.8, 4) is 5.75 Å². The predicted molar refractivity (Wildman–Crippen MR) is 127 cm³/mol. The van der Waals surface area contributed by atoms with Crippen molar-refractivity contribution in [2.24, 2.45) is 0 Å². The molecule has 3 rings (SSSR count). The van der Waals surface area contributed by atoms with Gasteiger partial charge in [-0.05, 0) is 52.9 Å². The average Bonchev–Trinajstić information content (AvgIpc) is 2.78. The number of methoxy groups -OCH3 is 1. The Kier molecular flexibility index (Phi) is 7.01. The fourth-order valence-corrected chi connectivity index (χ4v) is 4.13. The van der Waals surface area contributed by atoms with Gasteiger partial charge in [0.05, 0.1) is 17.7 Å². The highest BCUT2D eigenvalue weighted by Crippen LogP contribution is 2.24. The molecule has 7 heteroatoms. The Balaban J connectivity index is 1.63. The summed E-state index contributed by atoms with van der Waals surface area (Å²) in [7, 11) is -2.10. The Morgan fingerprint density at radius 2 is 1.53 bits per heavy atom. The normalized spacial score (nSPS) is 11.8. The molecule has 0 unspecified atom stereocenters. The van der Waals surface area contributed by atoms with Crippen molar-refractivity contribution in [3.05, 3.63) is 89.5 Å². The summed E-state index contributed by atoms with van der Waals surface area (Å²) in [5.74, 6) is 0.294. The molecule has 0 spiro atoms. The van der Waals surface area contributed by atoms with Crippen molar-refractivity contribution in [2.75, 3.05) is 12.4 Å². The maximum absolute atomic E-state index is 12.6. The van der Waals surface area contributed by atoms with E-state index in [1.807, 2.05) is 24.3 Å². The molecule has 0 saturated heterocycles. The second-order valence-electron chi connectivity index (χ2n) is 8.45. The quantitative estimate of drug-likeness (QED) is 0.543. The number of carbonyl (C=O) groups excluding carboxylic acids is 1. The summed E-state index contributed by atoms with van der Waals surface area (Å²) in [6, 6.07) is 20.8. The van der Waals surface area contributed by atoms with Crippen molar-refractivity contribution >= 4 is 21.6 Å². The third-order valence-electron chi connectivity index (χ3n) is 5.07. The third-order valence-corrected chi connectivity index (χ3v) is 6.49. The molecule has 0 bridgehead atoms. The molecule has 0 aliphatic rings. The summed E-state index contributed by atoms with van der Waals surface area (Å²) in [6.07, 6.45) is 0. The van der Waals surface area contributed by atoms with Gasteiger partial charge in [-0.2, -0.15) is 0 Å².